The molecule has 0 aliphatic heterocycles. The van der Waals surface area contributed by atoms with Crippen LogP contribution >= 0.6 is 0 Å². The standard InChI is InChI=1S/C10H10N2O/c1-7-5-3-4-6-9(7)10-11-8(2)13-12-10/h3-6H,1-2H3. The number of hydrogen-bond acceptors (Lipinski definition) is 3. The Balaban J connectivity index is 2.52. The largest absolute Gasteiger partial charge is 0.339 e. The molecular weight excluding hydrogens is 164 g/mol. The van der Waals surface area contributed by atoms with Gasteiger partial charge in [0.2, 0.25) is 11.7 Å². The summed E-state index contributed by atoms with van der Waals surface area (Å²) in [4.78, 5) is 4.16. The molecule has 0 atom stereocenters. The molecular formula is C10H10N2O. The maximum Gasteiger partial charge on any atom is 0.223 e. The van der Waals surface area contributed by atoms with Gasteiger partial charge in [0, 0.05) is 12.5 Å². The van der Waals surface area contributed by atoms with E-state index in [4.69, 9.17) is 4.52 Å². The average Bonchev–Trinajstić information content (AvgIpc) is 2.53. The number of benzene rings is 1. The van der Waals surface area contributed by atoms with E-state index in [2.05, 4.69) is 10.1 Å². The Bertz CT molecular complexity index is 420. The molecule has 13 heavy (non-hydrogen) atoms. The molecule has 0 spiro atoms. The highest BCUT2D eigenvalue weighted by Crippen LogP contribution is 2.19. The van der Waals surface area contributed by atoms with Crippen molar-refractivity contribution in [3.8, 4) is 11.4 Å². The lowest BCUT2D eigenvalue weighted by Gasteiger charge is -1.97. The van der Waals surface area contributed by atoms with Crippen molar-refractivity contribution in [3.05, 3.63) is 35.7 Å². The van der Waals surface area contributed by atoms with E-state index in [9.17, 15) is 0 Å². The Morgan fingerprint density at radius 1 is 1.15 bits per heavy atom. The Hall–Kier alpha value is -1.64. The molecule has 0 saturated carbocycles. The van der Waals surface area contributed by atoms with Crippen LogP contribution < -0.4 is 0 Å². The molecule has 0 radical (unpaired) electrons. The smallest absolute Gasteiger partial charge is 0.223 e. The third kappa shape index (κ3) is 1.45. The van der Waals surface area contributed by atoms with Gasteiger partial charge in [-0.2, -0.15) is 4.98 Å². The van der Waals surface area contributed by atoms with E-state index < -0.39 is 0 Å². The zero-order chi connectivity index (χ0) is 9.26. The summed E-state index contributed by atoms with van der Waals surface area (Å²) < 4.78 is 4.91. The minimum absolute atomic E-state index is 0.596. The highest BCUT2D eigenvalue weighted by atomic mass is 16.5. The summed E-state index contributed by atoms with van der Waals surface area (Å²) in [5.41, 5.74) is 2.18. The highest BCUT2D eigenvalue weighted by molar-refractivity contribution is 5.58. The van der Waals surface area contributed by atoms with Crippen molar-refractivity contribution in [3.63, 3.8) is 0 Å². The predicted molar refractivity (Wildman–Crippen MR) is 49.2 cm³/mol. The molecule has 0 bridgehead atoms. The second-order valence-corrected chi connectivity index (χ2v) is 2.95. The van der Waals surface area contributed by atoms with E-state index in [0.717, 1.165) is 11.1 Å². The van der Waals surface area contributed by atoms with Crippen LogP contribution in [0.5, 0.6) is 0 Å². The van der Waals surface area contributed by atoms with Crippen LogP contribution in [0.25, 0.3) is 11.4 Å². The molecule has 1 heterocycles. The lowest BCUT2D eigenvalue weighted by molar-refractivity contribution is 0.394. The predicted octanol–water partition coefficient (Wildman–Crippen LogP) is 2.35. The first-order valence-corrected chi connectivity index (χ1v) is 4.13. The molecule has 0 fully saturated rings. The van der Waals surface area contributed by atoms with Gasteiger partial charge in [0.25, 0.3) is 0 Å². The van der Waals surface area contributed by atoms with Crippen molar-refractivity contribution in [2.75, 3.05) is 0 Å². The van der Waals surface area contributed by atoms with Crippen LogP contribution in [0.3, 0.4) is 0 Å². The molecule has 0 saturated heterocycles. The molecule has 66 valence electrons. The number of aryl methyl sites for hydroxylation is 2. The Labute approximate surface area is 76.4 Å². The summed E-state index contributed by atoms with van der Waals surface area (Å²) in [6.07, 6.45) is 0. The topological polar surface area (TPSA) is 38.9 Å². The van der Waals surface area contributed by atoms with Crippen LogP contribution in [0.1, 0.15) is 11.5 Å². The molecule has 2 rings (SSSR count). The maximum absolute atomic E-state index is 4.91. The summed E-state index contributed by atoms with van der Waals surface area (Å²) in [6.45, 7) is 3.82. The molecule has 1 aromatic carbocycles. The first-order chi connectivity index (χ1) is 6.27. The number of aromatic nitrogens is 2. The lowest BCUT2D eigenvalue weighted by atomic mass is 10.1. The Morgan fingerprint density at radius 2 is 1.92 bits per heavy atom. The lowest BCUT2D eigenvalue weighted by Crippen LogP contribution is -1.84. The van der Waals surface area contributed by atoms with Crippen LogP contribution in [-0.4, -0.2) is 10.1 Å². The zero-order valence-corrected chi connectivity index (χ0v) is 7.61. The summed E-state index contributed by atoms with van der Waals surface area (Å²) in [7, 11) is 0. The summed E-state index contributed by atoms with van der Waals surface area (Å²) >= 11 is 0. The van der Waals surface area contributed by atoms with E-state index >= 15 is 0 Å². The summed E-state index contributed by atoms with van der Waals surface area (Å²) in [5, 5.41) is 3.86. The number of hydrogen-bond donors (Lipinski definition) is 0. The minimum Gasteiger partial charge on any atom is -0.339 e. The highest BCUT2D eigenvalue weighted by Gasteiger charge is 2.06. The third-order valence-corrected chi connectivity index (χ3v) is 1.91. The molecule has 0 aliphatic carbocycles. The Kier molecular flexibility index (Phi) is 1.85. The van der Waals surface area contributed by atoms with E-state index in [0.29, 0.717) is 11.7 Å². The van der Waals surface area contributed by atoms with Crippen molar-refractivity contribution < 1.29 is 4.52 Å². The molecule has 0 aliphatic rings. The van der Waals surface area contributed by atoms with E-state index in [-0.39, 0.29) is 0 Å². The normalized spacial score (nSPS) is 10.3. The second kappa shape index (κ2) is 3.01. The van der Waals surface area contributed by atoms with Crippen LogP contribution in [0.15, 0.2) is 28.8 Å². The molecule has 1 aromatic heterocycles. The van der Waals surface area contributed by atoms with Gasteiger partial charge in [-0.3, -0.25) is 0 Å². The van der Waals surface area contributed by atoms with Gasteiger partial charge < -0.3 is 4.52 Å². The van der Waals surface area contributed by atoms with Crippen LogP contribution in [0, 0.1) is 13.8 Å². The first kappa shape index (κ1) is 7.98. The molecule has 2 aromatic rings. The van der Waals surface area contributed by atoms with Gasteiger partial charge in [-0.05, 0) is 12.5 Å². The van der Waals surface area contributed by atoms with Crippen molar-refractivity contribution in [1.29, 1.82) is 0 Å². The molecule has 0 N–H and O–H groups in total. The fraction of sp³-hybridized carbons (Fsp3) is 0.200. The molecule has 3 heteroatoms. The van der Waals surface area contributed by atoms with E-state index in [1.807, 2.05) is 31.2 Å². The average molecular weight is 174 g/mol. The first-order valence-electron chi connectivity index (χ1n) is 4.13. The summed E-state index contributed by atoms with van der Waals surface area (Å²) in [6, 6.07) is 7.97. The van der Waals surface area contributed by atoms with Gasteiger partial charge >= 0.3 is 0 Å². The van der Waals surface area contributed by atoms with Crippen molar-refractivity contribution in [2.24, 2.45) is 0 Å². The van der Waals surface area contributed by atoms with Crippen LogP contribution in [0.4, 0.5) is 0 Å². The van der Waals surface area contributed by atoms with Gasteiger partial charge in [-0.1, -0.05) is 29.4 Å². The van der Waals surface area contributed by atoms with E-state index in [1.165, 1.54) is 0 Å². The minimum atomic E-state index is 0.596. The number of nitrogens with zero attached hydrogens (tertiary/aromatic N) is 2. The maximum atomic E-state index is 4.91. The van der Waals surface area contributed by atoms with Crippen LogP contribution in [-0.2, 0) is 0 Å². The van der Waals surface area contributed by atoms with Crippen molar-refractivity contribution in [2.45, 2.75) is 13.8 Å². The number of rotatable bonds is 1. The monoisotopic (exact) mass is 174 g/mol. The van der Waals surface area contributed by atoms with E-state index in [1.54, 1.807) is 6.92 Å². The van der Waals surface area contributed by atoms with Gasteiger partial charge in [0.15, 0.2) is 0 Å². The van der Waals surface area contributed by atoms with Gasteiger partial charge in [-0.15, -0.1) is 0 Å². The van der Waals surface area contributed by atoms with Crippen molar-refractivity contribution in [1.82, 2.24) is 10.1 Å². The molecule has 3 nitrogen and oxygen atoms in total. The SMILES string of the molecule is Cc1nc(-c2ccccc2C)no1. The van der Waals surface area contributed by atoms with Gasteiger partial charge in [-0.25, -0.2) is 0 Å². The zero-order valence-electron chi connectivity index (χ0n) is 7.61. The second-order valence-electron chi connectivity index (χ2n) is 2.95. The molecule has 0 amide bonds. The van der Waals surface area contributed by atoms with Crippen molar-refractivity contribution >= 4 is 0 Å². The van der Waals surface area contributed by atoms with Gasteiger partial charge in [0.05, 0.1) is 0 Å². The third-order valence-electron chi connectivity index (χ3n) is 1.91. The fourth-order valence-electron chi connectivity index (χ4n) is 1.23. The molecule has 0 unspecified atom stereocenters. The summed E-state index contributed by atoms with van der Waals surface area (Å²) in [5.74, 6) is 1.26. The fourth-order valence-corrected chi connectivity index (χ4v) is 1.23. The quantitative estimate of drug-likeness (QED) is 0.666. The van der Waals surface area contributed by atoms with Gasteiger partial charge in [0.1, 0.15) is 0 Å². The Morgan fingerprint density at radius 3 is 2.54 bits per heavy atom. The van der Waals surface area contributed by atoms with Crippen LogP contribution in [0.2, 0.25) is 0 Å².